The van der Waals surface area contributed by atoms with Crippen LogP contribution in [0.25, 0.3) is 0 Å². The highest BCUT2D eigenvalue weighted by Crippen LogP contribution is 2.59. The van der Waals surface area contributed by atoms with Crippen molar-refractivity contribution < 1.29 is 43.5 Å². The second-order valence-electron chi connectivity index (χ2n) is 10.2. The molecular formula is C25H26F5NO5S2. The van der Waals surface area contributed by atoms with E-state index >= 15 is 4.39 Å². The van der Waals surface area contributed by atoms with Crippen molar-refractivity contribution in [1.29, 1.82) is 0 Å². The summed E-state index contributed by atoms with van der Waals surface area (Å²) in [6.07, 6.45) is -3.99. The van der Waals surface area contributed by atoms with Crippen molar-refractivity contribution in [2.75, 3.05) is 6.61 Å². The van der Waals surface area contributed by atoms with E-state index in [1.54, 1.807) is 0 Å². The third-order valence-corrected chi connectivity index (χ3v) is 12.7. The summed E-state index contributed by atoms with van der Waals surface area (Å²) in [5, 5.41) is -0.808. The SMILES string of the molecule is CCC[C@@H]1C[C@H]2[C@H](CC[C@@]3(S(=O)(=O)c4ccc(C(F)(F)F)cc4)c4c(F)ccc(F)c4OC[C@@H]23)NS1(=O)=O. The van der Waals surface area contributed by atoms with Gasteiger partial charge in [-0.25, -0.2) is 30.3 Å². The number of sulfonamides is 1. The van der Waals surface area contributed by atoms with Crippen LogP contribution < -0.4 is 9.46 Å². The van der Waals surface area contributed by atoms with Gasteiger partial charge in [0.15, 0.2) is 21.4 Å². The molecule has 38 heavy (non-hydrogen) atoms. The van der Waals surface area contributed by atoms with E-state index in [1.165, 1.54) is 0 Å². The van der Waals surface area contributed by atoms with Gasteiger partial charge in [-0.3, -0.25) is 0 Å². The lowest BCUT2D eigenvalue weighted by Crippen LogP contribution is -2.63. The maximum absolute atomic E-state index is 15.5. The van der Waals surface area contributed by atoms with Crippen LogP contribution in [0, 0.1) is 23.5 Å². The van der Waals surface area contributed by atoms with Crippen molar-refractivity contribution in [1.82, 2.24) is 4.72 Å². The van der Waals surface area contributed by atoms with E-state index in [0.29, 0.717) is 25.0 Å². The predicted octanol–water partition coefficient (Wildman–Crippen LogP) is 4.93. The van der Waals surface area contributed by atoms with Crippen LogP contribution in [-0.2, 0) is 30.8 Å². The molecule has 2 fully saturated rings. The molecule has 2 heterocycles. The number of sulfone groups is 1. The Morgan fingerprint density at radius 1 is 1.08 bits per heavy atom. The van der Waals surface area contributed by atoms with Crippen LogP contribution in [0.4, 0.5) is 22.0 Å². The quantitative estimate of drug-likeness (QED) is 0.519. The van der Waals surface area contributed by atoms with Gasteiger partial charge in [0.2, 0.25) is 10.0 Å². The number of rotatable bonds is 4. The number of nitrogens with one attached hydrogen (secondary N) is 1. The fourth-order valence-corrected chi connectivity index (χ4v) is 10.8. The zero-order valence-electron chi connectivity index (χ0n) is 20.3. The monoisotopic (exact) mass is 579 g/mol. The zero-order chi connectivity index (χ0) is 27.7. The minimum atomic E-state index is -4.70. The molecule has 0 spiro atoms. The summed E-state index contributed by atoms with van der Waals surface area (Å²) in [6, 6.07) is 3.91. The van der Waals surface area contributed by atoms with Gasteiger partial charge >= 0.3 is 6.18 Å². The molecule has 1 saturated heterocycles. The van der Waals surface area contributed by atoms with Crippen molar-refractivity contribution in [2.24, 2.45) is 11.8 Å². The summed E-state index contributed by atoms with van der Waals surface area (Å²) in [6.45, 7) is 1.49. The van der Waals surface area contributed by atoms with Crippen LogP contribution in [0.5, 0.6) is 5.75 Å². The Hall–Kier alpha value is -2.25. The van der Waals surface area contributed by atoms with Crippen molar-refractivity contribution in [3.05, 3.63) is 59.2 Å². The van der Waals surface area contributed by atoms with Gasteiger partial charge in [0.05, 0.1) is 27.9 Å². The molecule has 0 unspecified atom stereocenters. The molecule has 208 valence electrons. The predicted molar refractivity (Wildman–Crippen MR) is 128 cm³/mol. The zero-order valence-corrected chi connectivity index (χ0v) is 21.9. The molecule has 5 rings (SSSR count). The second-order valence-corrected chi connectivity index (χ2v) is 14.4. The molecule has 0 bridgehead atoms. The normalized spacial score (nSPS) is 30.5. The topological polar surface area (TPSA) is 89.5 Å². The van der Waals surface area contributed by atoms with E-state index in [2.05, 4.69) is 4.72 Å². The van der Waals surface area contributed by atoms with E-state index < -0.39 is 87.3 Å². The lowest BCUT2D eigenvalue weighted by molar-refractivity contribution is -0.137. The first-order valence-corrected chi connectivity index (χ1v) is 15.3. The molecule has 13 heteroatoms. The van der Waals surface area contributed by atoms with Gasteiger partial charge in [-0.2, -0.15) is 13.2 Å². The first-order chi connectivity index (χ1) is 17.7. The molecule has 1 aliphatic carbocycles. The molecule has 1 N–H and O–H groups in total. The second kappa shape index (κ2) is 9.16. The van der Waals surface area contributed by atoms with Crippen LogP contribution in [0.15, 0.2) is 41.3 Å². The molecule has 1 saturated carbocycles. The summed E-state index contributed by atoms with van der Waals surface area (Å²) in [5.41, 5.74) is -1.55. The van der Waals surface area contributed by atoms with E-state index in [0.717, 1.165) is 24.3 Å². The third-order valence-electron chi connectivity index (χ3n) is 8.22. The number of ether oxygens (including phenoxy) is 1. The molecule has 2 aromatic rings. The van der Waals surface area contributed by atoms with Crippen LogP contribution in [0.1, 0.15) is 50.2 Å². The molecule has 6 nitrogen and oxygen atoms in total. The molecular weight excluding hydrogens is 553 g/mol. The third kappa shape index (κ3) is 4.03. The summed E-state index contributed by atoms with van der Waals surface area (Å²) in [5.74, 6) is -4.10. The minimum Gasteiger partial charge on any atom is -0.490 e. The highest BCUT2D eigenvalue weighted by molar-refractivity contribution is 7.92. The minimum absolute atomic E-state index is 0.00843. The lowest BCUT2D eigenvalue weighted by Gasteiger charge is -2.54. The number of benzene rings is 2. The Morgan fingerprint density at radius 3 is 2.37 bits per heavy atom. The highest BCUT2D eigenvalue weighted by atomic mass is 32.2. The van der Waals surface area contributed by atoms with E-state index in [4.69, 9.17) is 4.74 Å². The van der Waals surface area contributed by atoms with Crippen LogP contribution in [0.2, 0.25) is 0 Å². The Bertz CT molecular complexity index is 1460. The average molecular weight is 580 g/mol. The van der Waals surface area contributed by atoms with E-state index in [1.807, 2.05) is 6.92 Å². The Morgan fingerprint density at radius 2 is 1.74 bits per heavy atom. The fourth-order valence-electron chi connectivity index (χ4n) is 6.51. The summed E-state index contributed by atoms with van der Waals surface area (Å²) in [4.78, 5) is -0.466. The number of halogens is 5. The smallest absolute Gasteiger partial charge is 0.416 e. The Kier molecular flexibility index (Phi) is 6.58. The van der Waals surface area contributed by atoms with Gasteiger partial charge in [0.25, 0.3) is 0 Å². The number of hydrogen-bond acceptors (Lipinski definition) is 5. The Labute approximate surface area is 217 Å². The number of hydrogen-bond donors (Lipinski definition) is 1. The van der Waals surface area contributed by atoms with Gasteiger partial charge in [0.1, 0.15) is 10.6 Å². The van der Waals surface area contributed by atoms with Crippen LogP contribution in [0.3, 0.4) is 0 Å². The van der Waals surface area contributed by atoms with Gasteiger partial charge in [0, 0.05) is 12.0 Å². The molecule has 0 aromatic heterocycles. The maximum Gasteiger partial charge on any atom is 0.416 e. The summed E-state index contributed by atoms with van der Waals surface area (Å²) >= 11 is 0. The average Bonchev–Trinajstić information content (AvgIpc) is 2.85. The number of fused-ring (bicyclic) bond motifs is 5. The van der Waals surface area contributed by atoms with Crippen molar-refractivity contribution in [3.8, 4) is 5.75 Å². The molecule has 0 radical (unpaired) electrons. The largest absolute Gasteiger partial charge is 0.490 e. The first kappa shape index (κ1) is 27.3. The molecule has 3 aliphatic rings. The van der Waals surface area contributed by atoms with E-state index in [9.17, 15) is 34.4 Å². The molecule has 0 amide bonds. The van der Waals surface area contributed by atoms with Crippen molar-refractivity contribution in [2.45, 2.75) is 66.1 Å². The maximum atomic E-state index is 15.5. The molecule has 2 aliphatic heterocycles. The lowest BCUT2D eigenvalue weighted by atomic mass is 9.64. The summed E-state index contributed by atoms with van der Waals surface area (Å²) in [7, 11) is -8.32. The summed E-state index contributed by atoms with van der Waals surface area (Å²) < 4.78 is 130. The first-order valence-electron chi connectivity index (χ1n) is 12.3. The molecule has 2 aromatic carbocycles. The van der Waals surface area contributed by atoms with E-state index in [-0.39, 0.29) is 25.9 Å². The number of alkyl halides is 3. The van der Waals surface area contributed by atoms with Crippen LogP contribution >= 0.6 is 0 Å². The van der Waals surface area contributed by atoms with Gasteiger partial charge in [-0.15, -0.1) is 0 Å². The Balaban J connectivity index is 1.71. The van der Waals surface area contributed by atoms with Gasteiger partial charge in [-0.05, 0) is 68.0 Å². The van der Waals surface area contributed by atoms with Crippen molar-refractivity contribution >= 4 is 19.9 Å². The van der Waals surface area contributed by atoms with Gasteiger partial charge < -0.3 is 4.74 Å². The molecule has 5 atom stereocenters. The van der Waals surface area contributed by atoms with Crippen LogP contribution in [-0.4, -0.2) is 34.7 Å². The van der Waals surface area contributed by atoms with Gasteiger partial charge in [-0.1, -0.05) is 13.3 Å². The standard InChI is InChI=1S/C25H26F5NO5S2/c1-2-3-16-12-17-18-13-36-23-20(27)9-8-19(26)22(23)24(18,11-10-21(17)31-38(16,34)35)37(32,33)15-6-4-14(5-7-15)25(28,29)30/h4-9,16-18,21,31H,2-3,10-13H2,1H3/t16-,17-,18+,21+,24+/m1/s1. The van der Waals surface area contributed by atoms with Crippen molar-refractivity contribution in [3.63, 3.8) is 0 Å². The fraction of sp³-hybridized carbons (Fsp3) is 0.520. The highest BCUT2D eigenvalue weighted by Gasteiger charge is 2.64.